The first-order valence-electron chi connectivity index (χ1n) is 7.92. The predicted octanol–water partition coefficient (Wildman–Crippen LogP) is 0.155. The maximum atomic E-state index is 12.2. The van der Waals surface area contributed by atoms with Crippen LogP contribution in [0.5, 0.6) is 0 Å². The van der Waals surface area contributed by atoms with Crippen LogP contribution < -0.4 is 11.2 Å². The number of ether oxygens (including phenoxy) is 1. The zero-order valence-electron chi connectivity index (χ0n) is 15.3. The molecule has 0 radical (unpaired) electrons. The van der Waals surface area contributed by atoms with Crippen molar-refractivity contribution in [2.24, 2.45) is 5.11 Å². The summed E-state index contributed by atoms with van der Waals surface area (Å²) in [5.41, 5.74) is 7.35. The van der Waals surface area contributed by atoms with Crippen LogP contribution in [0.2, 0.25) is 0 Å². The molecule has 5 N–H and O–H groups in total. The number of azide groups is 1. The number of aryl methyl sites for hydroxylation is 1. The quantitative estimate of drug-likeness (QED) is 0.129. The molecule has 18 nitrogen and oxygen atoms in total. The number of aromatic nitrogens is 2. The molecule has 0 bridgehead atoms. The minimum absolute atomic E-state index is 0.146. The van der Waals surface area contributed by atoms with E-state index in [9.17, 15) is 23.3 Å². The van der Waals surface area contributed by atoms with Crippen molar-refractivity contribution in [2.75, 3.05) is 6.61 Å². The monoisotopic (exact) mass is 507 g/mol. The first-order chi connectivity index (χ1) is 14.1. The van der Waals surface area contributed by atoms with Gasteiger partial charge < -0.3 is 24.3 Å². The molecular formula is C10H16N5O13P3. The molecule has 0 amide bonds. The van der Waals surface area contributed by atoms with Crippen molar-refractivity contribution in [3.05, 3.63) is 43.0 Å². The number of hydrogen-bond donors (Lipinski definition) is 5. The van der Waals surface area contributed by atoms with E-state index in [0.717, 1.165) is 4.57 Å². The predicted molar refractivity (Wildman–Crippen MR) is 97.3 cm³/mol. The average molecular weight is 507 g/mol. The fourth-order valence-corrected chi connectivity index (χ4v) is 5.69. The Morgan fingerprint density at radius 1 is 1.26 bits per heavy atom. The zero-order valence-corrected chi connectivity index (χ0v) is 18.0. The van der Waals surface area contributed by atoms with Gasteiger partial charge in [0.1, 0.15) is 6.23 Å². The van der Waals surface area contributed by atoms with Gasteiger partial charge in [-0.05, 0) is 12.5 Å². The molecule has 0 aromatic carbocycles. The number of hydrogen-bond acceptors (Lipinski definition) is 10. The molecule has 1 fully saturated rings. The van der Waals surface area contributed by atoms with Gasteiger partial charge in [-0.1, -0.05) is 5.11 Å². The maximum Gasteiger partial charge on any atom is 0.492 e. The van der Waals surface area contributed by atoms with Crippen molar-refractivity contribution in [3.63, 3.8) is 0 Å². The lowest BCUT2D eigenvalue weighted by Gasteiger charge is -2.21. The minimum Gasteiger partial charge on any atom is -0.352 e. The van der Waals surface area contributed by atoms with E-state index < -0.39 is 59.7 Å². The van der Waals surface area contributed by atoms with E-state index in [2.05, 4.69) is 23.2 Å². The Morgan fingerprint density at radius 2 is 1.84 bits per heavy atom. The van der Waals surface area contributed by atoms with E-state index in [1.807, 2.05) is 4.98 Å². The molecule has 0 spiro atoms. The molecule has 1 unspecified atom stereocenters. The maximum absolute atomic E-state index is 12.2. The van der Waals surface area contributed by atoms with Gasteiger partial charge in [-0.15, -0.1) is 0 Å². The van der Waals surface area contributed by atoms with Crippen molar-refractivity contribution < 1.29 is 51.2 Å². The summed E-state index contributed by atoms with van der Waals surface area (Å²) in [6.07, 6.45) is -1.42. The number of nitrogens with one attached hydrogen (secondary N) is 1. The van der Waals surface area contributed by atoms with Gasteiger partial charge in [0.15, 0.2) is 0 Å². The van der Waals surface area contributed by atoms with Crippen molar-refractivity contribution in [2.45, 2.75) is 31.7 Å². The third kappa shape index (κ3) is 7.47. The van der Waals surface area contributed by atoms with Gasteiger partial charge in [0.05, 0.1) is 18.8 Å². The van der Waals surface area contributed by atoms with Crippen molar-refractivity contribution >= 4 is 23.5 Å². The Hall–Kier alpha value is -1.64. The second-order valence-electron chi connectivity index (χ2n) is 6.00. The van der Waals surface area contributed by atoms with Crippen LogP contribution in [0.15, 0.2) is 20.9 Å². The van der Waals surface area contributed by atoms with E-state index in [1.54, 1.807) is 0 Å². The highest BCUT2D eigenvalue weighted by molar-refractivity contribution is 7.66. The summed E-state index contributed by atoms with van der Waals surface area (Å²) in [5.74, 6) is 0. The van der Waals surface area contributed by atoms with Gasteiger partial charge in [0, 0.05) is 23.1 Å². The number of nitrogens with zero attached hydrogens (tertiary/aromatic N) is 4. The highest BCUT2D eigenvalue weighted by Crippen LogP contribution is 2.67. The Balaban J connectivity index is 2.26. The molecule has 1 aromatic heterocycles. The molecule has 1 aliphatic rings. The van der Waals surface area contributed by atoms with Gasteiger partial charge in [-0.3, -0.25) is 18.9 Å². The fraction of sp³-hybridized carbons (Fsp3) is 0.600. The molecule has 2 rings (SSSR count). The summed E-state index contributed by atoms with van der Waals surface area (Å²) in [6, 6.07) is -1.09. The fourth-order valence-electron chi connectivity index (χ4n) is 2.51. The highest BCUT2D eigenvalue weighted by atomic mass is 31.3. The van der Waals surface area contributed by atoms with Crippen LogP contribution in [0, 0.1) is 6.92 Å². The Labute approximate surface area is 171 Å². The first-order valence-corrected chi connectivity index (χ1v) is 12.4. The third-order valence-electron chi connectivity index (χ3n) is 3.67. The average Bonchev–Trinajstić information content (AvgIpc) is 2.96. The summed E-state index contributed by atoms with van der Waals surface area (Å²) in [5, 5.41) is 3.41. The Morgan fingerprint density at radius 3 is 2.35 bits per heavy atom. The van der Waals surface area contributed by atoms with E-state index in [4.69, 9.17) is 29.8 Å². The molecule has 0 saturated carbocycles. The van der Waals surface area contributed by atoms with Crippen LogP contribution >= 0.6 is 23.5 Å². The topological polar surface area (TPSA) is 273 Å². The van der Waals surface area contributed by atoms with Gasteiger partial charge in [0.25, 0.3) is 5.56 Å². The van der Waals surface area contributed by atoms with Gasteiger partial charge >= 0.3 is 29.2 Å². The molecule has 1 saturated heterocycles. The van der Waals surface area contributed by atoms with Gasteiger partial charge in [-0.25, -0.2) is 18.5 Å². The normalized spacial score (nSPS) is 22.3. The van der Waals surface area contributed by atoms with Crippen LogP contribution in [-0.4, -0.2) is 47.9 Å². The number of phosphoric acid groups is 3. The zero-order chi connectivity index (χ0) is 23.6. The molecule has 174 valence electrons. The van der Waals surface area contributed by atoms with Crippen molar-refractivity contribution in [1.82, 2.24) is 9.55 Å². The summed E-state index contributed by atoms with van der Waals surface area (Å²) >= 11 is 0. The molecule has 31 heavy (non-hydrogen) atoms. The van der Waals surface area contributed by atoms with E-state index >= 15 is 0 Å². The summed E-state index contributed by atoms with van der Waals surface area (Å²) in [4.78, 5) is 63.3. The van der Waals surface area contributed by atoms with Crippen LogP contribution in [-0.2, 0) is 31.6 Å². The SMILES string of the molecule is Cc1cn([C@H]2CC(N=[N+]=[N-])[C@@H](COP(=O)(OP(=O)(O)O)OP(=O)(O)O)O2)c(=O)[nH]c1=O. The number of aromatic amines is 1. The second kappa shape index (κ2) is 9.46. The van der Waals surface area contributed by atoms with Crippen LogP contribution in [0.3, 0.4) is 0 Å². The first kappa shape index (κ1) is 25.6. The number of rotatable bonds is 9. The van der Waals surface area contributed by atoms with Crippen LogP contribution in [0.4, 0.5) is 0 Å². The number of H-pyrrole nitrogens is 1. The smallest absolute Gasteiger partial charge is 0.352 e. The van der Waals surface area contributed by atoms with E-state index in [0.29, 0.717) is 0 Å². The molecule has 21 heteroatoms. The lowest BCUT2D eigenvalue weighted by atomic mass is 10.1. The summed E-state index contributed by atoms with van der Waals surface area (Å²) in [7, 11) is -16.7. The Bertz CT molecular complexity index is 1100. The molecule has 0 aliphatic carbocycles. The molecule has 1 aliphatic heterocycles. The van der Waals surface area contributed by atoms with E-state index in [-0.39, 0.29) is 12.0 Å². The third-order valence-corrected chi connectivity index (χ3v) is 7.44. The highest BCUT2D eigenvalue weighted by Gasteiger charge is 2.44. The lowest BCUT2D eigenvalue weighted by Crippen LogP contribution is -2.33. The van der Waals surface area contributed by atoms with Crippen molar-refractivity contribution in [3.8, 4) is 0 Å². The Kier molecular flexibility index (Phi) is 7.82. The van der Waals surface area contributed by atoms with Crippen molar-refractivity contribution in [1.29, 1.82) is 0 Å². The minimum atomic E-state index is -5.60. The summed E-state index contributed by atoms with van der Waals surface area (Å²) in [6.45, 7) is 0.457. The van der Waals surface area contributed by atoms with Gasteiger partial charge in [-0.2, -0.15) is 8.62 Å². The van der Waals surface area contributed by atoms with Crippen LogP contribution in [0.1, 0.15) is 18.2 Å². The molecule has 1 aromatic rings. The van der Waals surface area contributed by atoms with Crippen LogP contribution in [0.25, 0.3) is 10.4 Å². The largest absolute Gasteiger partial charge is 0.492 e. The summed E-state index contributed by atoms with van der Waals surface area (Å²) < 4.78 is 52.7. The van der Waals surface area contributed by atoms with Gasteiger partial charge in [0.2, 0.25) is 0 Å². The van der Waals surface area contributed by atoms with E-state index in [1.165, 1.54) is 13.1 Å². The second-order valence-corrected chi connectivity index (χ2v) is 10.4. The molecule has 2 heterocycles. The molecular weight excluding hydrogens is 491 g/mol. The lowest BCUT2D eigenvalue weighted by molar-refractivity contribution is -0.0267. The standard InChI is InChI=1S/C10H16N5O13P3/c1-5-3-15(10(17)12-9(5)16)8-2-6(13-14-11)7(26-8)4-25-31(24,27-29(18,19)20)28-30(21,22)23/h3,6-8H,2,4H2,1H3,(H,12,16,17)(H2,18,19,20)(H2,21,22,23)/t6?,7-,8-/m1/s1. The molecule has 3 atom stereocenters.